The number of ketones is 1. The van der Waals surface area contributed by atoms with Crippen molar-refractivity contribution in [1.29, 1.82) is 0 Å². The summed E-state index contributed by atoms with van der Waals surface area (Å²) in [6, 6.07) is 0. The highest BCUT2D eigenvalue weighted by Gasteiger charge is 2.61. The van der Waals surface area contributed by atoms with Gasteiger partial charge >= 0.3 is 0 Å². The summed E-state index contributed by atoms with van der Waals surface area (Å²) >= 11 is 4.91. The average molecular weight is 513 g/mol. The minimum atomic E-state index is -0.477. The predicted molar refractivity (Wildman–Crippen MR) is 151 cm³/mol. The first kappa shape index (κ1) is 32.7. The topological polar surface area (TPSA) is 55.8 Å². The third-order valence-corrected chi connectivity index (χ3v) is 10.0. The Morgan fingerprint density at radius 1 is 1.06 bits per heavy atom. The van der Waals surface area contributed by atoms with E-state index in [1.54, 1.807) is 7.11 Å². The maximum Gasteiger partial charge on any atom is 0.171 e. The highest BCUT2D eigenvalue weighted by atomic mass is 32.1. The predicted octanol–water partition coefficient (Wildman–Crippen LogP) is 7.49. The maximum absolute atomic E-state index is 12.4. The van der Waals surface area contributed by atoms with Gasteiger partial charge in [0.05, 0.1) is 0 Å². The van der Waals surface area contributed by atoms with E-state index in [0.29, 0.717) is 24.4 Å². The van der Waals surface area contributed by atoms with Gasteiger partial charge < -0.3 is 14.6 Å². The van der Waals surface area contributed by atoms with E-state index in [-0.39, 0.29) is 29.1 Å². The molecule has 0 heterocycles. The summed E-state index contributed by atoms with van der Waals surface area (Å²) in [6.45, 7) is 16.7. The standard InChI is InChI=1S/C24H38O4S.3C2H6/c1-4-28-24(27-3)12-11-23(15-29)16(13-24)5-6-17-18-7-8-20(21(26)14-25)22(18,2)10-9-19(17)23;3*1-2/h5,17-20,25,29H,4,6-15H2,1-3H3;3*1-2H3. The average Bonchev–Trinajstić information content (AvgIpc) is 3.28. The Balaban J connectivity index is 0.000000949. The lowest BCUT2D eigenvalue weighted by atomic mass is 9.47. The molecule has 3 fully saturated rings. The molecule has 3 saturated carbocycles. The van der Waals surface area contributed by atoms with Crippen LogP contribution in [0.1, 0.15) is 107 Å². The first-order chi connectivity index (χ1) is 16.9. The van der Waals surface area contributed by atoms with Gasteiger partial charge in [-0.25, -0.2) is 0 Å². The summed E-state index contributed by atoms with van der Waals surface area (Å²) < 4.78 is 12.0. The molecule has 0 aromatic rings. The van der Waals surface area contributed by atoms with Crippen molar-refractivity contribution < 1.29 is 19.4 Å². The van der Waals surface area contributed by atoms with Crippen molar-refractivity contribution in [2.45, 2.75) is 113 Å². The van der Waals surface area contributed by atoms with Crippen molar-refractivity contribution in [3.8, 4) is 0 Å². The van der Waals surface area contributed by atoms with Crippen molar-refractivity contribution in [2.24, 2.45) is 34.5 Å². The Labute approximate surface area is 222 Å². The van der Waals surface area contributed by atoms with Crippen LogP contribution in [0.5, 0.6) is 0 Å². The van der Waals surface area contributed by atoms with Gasteiger partial charge in [0.1, 0.15) is 6.61 Å². The molecule has 4 nitrogen and oxygen atoms in total. The molecule has 0 saturated heterocycles. The molecule has 0 bridgehead atoms. The highest BCUT2D eigenvalue weighted by molar-refractivity contribution is 7.80. The molecular weight excluding hydrogens is 456 g/mol. The van der Waals surface area contributed by atoms with E-state index in [1.807, 2.05) is 48.5 Å². The van der Waals surface area contributed by atoms with Crippen LogP contribution in [0.3, 0.4) is 0 Å². The third-order valence-electron chi connectivity index (χ3n) is 9.44. The first-order valence-electron chi connectivity index (χ1n) is 14.5. The Hall–Kier alpha value is -0.360. The normalized spacial score (nSPS) is 39.0. The van der Waals surface area contributed by atoms with Crippen molar-refractivity contribution in [1.82, 2.24) is 0 Å². The molecule has 206 valence electrons. The number of carbonyl (C=O) groups excluding carboxylic acids is 1. The van der Waals surface area contributed by atoms with Gasteiger partial charge in [0.15, 0.2) is 11.6 Å². The lowest BCUT2D eigenvalue weighted by Crippen LogP contribution is -2.55. The van der Waals surface area contributed by atoms with E-state index in [2.05, 4.69) is 13.0 Å². The van der Waals surface area contributed by atoms with E-state index in [9.17, 15) is 9.90 Å². The van der Waals surface area contributed by atoms with Gasteiger partial charge in [-0.1, -0.05) is 60.1 Å². The number of fused-ring (bicyclic) bond motifs is 5. The zero-order chi connectivity index (χ0) is 26.9. The van der Waals surface area contributed by atoms with Crippen LogP contribution in [0, 0.1) is 34.5 Å². The highest BCUT2D eigenvalue weighted by Crippen LogP contribution is 2.67. The minimum absolute atomic E-state index is 0.0428. The van der Waals surface area contributed by atoms with Crippen molar-refractivity contribution in [2.75, 3.05) is 26.1 Å². The smallest absolute Gasteiger partial charge is 0.171 e. The van der Waals surface area contributed by atoms with Crippen LogP contribution in [0.15, 0.2) is 11.6 Å². The Morgan fingerprint density at radius 2 is 1.71 bits per heavy atom. The van der Waals surface area contributed by atoms with Gasteiger partial charge in [0.2, 0.25) is 0 Å². The summed E-state index contributed by atoms with van der Waals surface area (Å²) in [5.74, 6) is 2.35. The van der Waals surface area contributed by atoms with Gasteiger partial charge in [-0.15, -0.1) is 0 Å². The van der Waals surface area contributed by atoms with E-state index in [1.165, 1.54) is 12.0 Å². The molecule has 7 unspecified atom stereocenters. The van der Waals surface area contributed by atoms with Crippen LogP contribution >= 0.6 is 12.6 Å². The number of ether oxygens (including phenoxy) is 2. The Bertz CT molecular complexity index is 679. The van der Waals surface area contributed by atoms with E-state index < -0.39 is 5.79 Å². The molecule has 1 N–H and O–H groups in total. The van der Waals surface area contributed by atoms with Crippen molar-refractivity contribution in [3.05, 3.63) is 11.6 Å². The van der Waals surface area contributed by atoms with Gasteiger partial charge in [-0.2, -0.15) is 12.6 Å². The second-order valence-electron chi connectivity index (χ2n) is 10.2. The van der Waals surface area contributed by atoms with Crippen LogP contribution in [0.4, 0.5) is 0 Å². The van der Waals surface area contributed by atoms with E-state index >= 15 is 0 Å². The largest absolute Gasteiger partial charge is 0.389 e. The number of aliphatic hydroxyl groups excluding tert-OH is 1. The molecule has 4 rings (SSSR count). The number of allylic oxidation sites excluding steroid dienone is 1. The number of thiol groups is 1. The molecular formula is C30H56O4S. The molecule has 0 spiro atoms. The van der Waals surface area contributed by atoms with Gasteiger partial charge in [0.25, 0.3) is 0 Å². The number of aliphatic hydroxyl groups is 1. The number of rotatable bonds is 6. The molecule has 0 radical (unpaired) electrons. The van der Waals surface area contributed by atoms with Crippen LogP contribution in [-0.4, -0.2) is 42.8 Å². The molecule has 7 atom stereocenters. The number of carbonyl (C=O) groups is 1. The van der Waals surface area contributed by atoms with Crippen LogP contribution in [0.2, 0.25) is 0 Å². The zero-order valence-electron chi connectivity index (χ0n) is 24.3. The summed E-state index contributed by atoms with van der Waals surface area (Å²) in [5, 5.41) is 9.49. The molecule has 5 heteroatoms. The molecule has 0 aromatic carbocycles. The fraction of sp³-hybridized carbons (Fsp3) is 0.900. The van der Waals surface area contributed by atoms with Crippen LogP contribution < -0.4 is 0 Å². The SMILES string of the molecule is CC.CC.CC.CCOC1(OC)CCC2(CS)C(=CCC3C2CCC2(C)C(C(=O)CO)CCC32)C1. The van der Waals surface area contributed by atoms with Gasteiger partial charge in [-0.3, -0.25) is 4.79 Å². The Morgan fingerprint density at radius 3 is 2.26 bits per heavy atom. The fourth-order valence-corrected chi connectivity index (χ4v) is 8.56. The van der Waals surface area contributed by atoms with Crippen LogP contribution in [-0.2, 0) is 14.3 Å². The molecule has 4 aliphatic carbocycles. The molecule has 35 heavy (non-hydrogen) atoms. The maximum atomic E-state index is 12.4. The lowest BCUT2D eigenvalue weighted by molar-refractivity contribution is -0.239. The Kier molecular flexibility index (Phi) is 13.6. The first-order valence-corrected chi connectivity index (χ1v) is 15.2. The summed E-state index contributed by atoms with van der Waals surface area (Å²) in [6.07, 6.45) is 10.8. The fourth-order valence-electron chi connectivity index (χ4n) is 7.96. The second kappa shape index (κ2) is 14.5. The van der Waals surface area contributed by atoms with Crippen LogP contribution in [0.25, 0.3) is 0 Å². The summed E-state index contributed by atoms with van der Waals surface area (Å²) in [7, 11) is 1.78. The zero-order valence-corrected chi connectivity index (χ0v) is 25.2. The second-order valence-corrected chi connectivity index (χ2v) is 10.5. The molecule has 0 aliphatic heterocycles. The van der Waals surface area contributed by atoms with E-state index in [4.69, 9.17) is 22.1 Å². The van der Waals surface area contributed by atoms with Crippen molar-refractivity contribution >= 4 is 18.4 Å². The lowest BCUT2D eigenvalue weighted by Gasteiger charge is -2.60. The quantitative estimate of drug-likeness (QED) is 0.220. The van der Waals surface area contributed by atoms with Crippen molar-refractivity contribution in [3.63, 3.8) is 0 Å². The number of hydrogen-bond acceptors (Lipinski definition) is 5. The number of methoxy groups -OCH3 is 1. The summed E-state index contributed by atoms with van der Waals surface area (Å²) in [5.41, 5.74) is 1.70. The monoisotopic (exact) mass is 512 g/mol. The minimum Gasteiger partial charge on any atom is -0.389 e. The molecule has 4 aliphatic rings. The van der Waals surface area contributed by atoms with E-state index in [0.717, 1.165) is 50.7 Å². The summed E-state index contributed by atoms with van der Waals surface area (Å²) in [4.78, 5) is 12.4. The molecule has 0 amide bonds. The number of Topliss-reactive ketones (excluding diaryl/α,β-unsaturated/α-hetero) is 1. The van der Waals surface area contributed by atoms with Gasteiger partial charge in [-0.05, 0) is 74.4 Å². The molecule has 0 aromatic heterocycles. The van der Waals surface area contributed by atoms with Gasteiger partial charge in [0, 0.05) is 37.9 Å². The third kappa shape index (κ3) is 5.89. The number of hydrogen-bond donors (Lipinski definition) is 2.